The zero-order chi connectivity index (χ0) is 20.8. The summed E-state index contributed by atoms with van der Waals surface area (Å²) in [6, 6.07) is 3.93. The Morgan fingerprint density at radius 3 is 2.72 bits per heavy atom. The van der Waals surface area contributed by atoms with Crippen LogP contribution in [-0.2, 0) is 16.0 Å². The van der Waals surface area contributed by atoms with Gasteiger partial charge in [0.1, 0.15) is 5.54 Å². The molecule has 29 heavy (non-hydrogen) atoms. The van der Waals surface area contributed by atoms with E-state index < -0.39 is 28.3 Å². The van der Waals surface area contributed by atoms with Gasteiger partial charge >= 0.3 is 6.03 Å². The quantitative estimate of drug-likeness (QED) is 0.449. The fourth-order valence-corrected chi connectivity index (χ4v) is 4.57. The number of fused-ring (bicyclic) bond motifs is 1. The van der Waals surface area contributed by atoms with E-state index in [-0.39, 0.29) is 18.3 Å². The molecule has 2 aliphatic heterocycles. The molecule has 1 aromatic rings. The first-order chi connectivity index (χ1) is 13.8. The molecule has 1 saturated heterocycles. The van der Waals surface area contributed by atoms with Crippen molar-refractivity contribution < 1.29 is 19.3 Å². The third kappa shape index (κ3) is 3.28. The number of imide groups is 1. The molecule has 10 nitrogen and oxygen atoms in total. The van der Waals surface area contributed by atoms with Gasteiger partial charge in [0.05, 0.1) is 11.5 Å². The van der Waals surface area contributed by atoms with Crippen LogP contribution < -0.4 is 15.6 Å². The van der Waals surface area contributed by atoms with Gasteiger partial charge in [-0.2, -0.15) is 5.01 Å². The van der Waals surface area contributed by atoms with Gasteiger partial charge in [0.15, 0.2) is 0 Å². The molecule has 1 saturated carbocycles. The van der Waals surface area contributed by atoms with Gasteiger partial charge in [-0.25, -0.2) is 4.79 Å². The van der Waals surface area contributed by atoms with E-state index in [0.29, 0.717) is 19.3 Å². The lowest BCUT2D eigenvalue weighted by Crippen LogP contribution is -2.52. The van der Waals surface area contributed by atoms with Crippen molar-refractivity contribution in [3.05, 3.63) is 33.9 Å². The molecule has 4 rings (SSSR count). The van der Waals surface area contributed by atoms with Crippen LogP contribution in [0.1, 0.15) is 44.6 Å². The zero-order valence-electron chi connectivity index (χ0n) is 16.1. The van der Waals surface area contributed by atoms with Crippen molar-refractivity contribution in [3.8, 4) is 0 Å². The van der Waals surface area contributed by atoms with Gasteiger partial charge < -0.3 is 10.2 Å². The minimum Gasteiger partial charge on any atom is -0.359 e. The van der Waals surface area contributed by atoms with Crippen LogP contribution in [0.2, 0.25) is 0 Å². The first-order valence-electron chi connectivity index (χ1n) is 9.81. The van der Waals surface area contributed by atoms with Crippen LogP contribution in [-0.4, -0.2) is 45.9 Å². The number of nitrogens with zero attached hydrogens (tertiary/aromatic N) is 3. The number of nitro benzene ring substituents is 1. The van der Waals surface area contributed by atoms with Gasteiger partial charge in [-0.3, -0.25) is 25.1 Å². The molecule has 1 unspecified atom stereocenters. The summed E-state index contributed by atoms with van der Waals surface area (Å²) in [5.74, 6) is -0.888. The molecule has 1 spiro atoms. The summed E-state index contributed by atoms with van der Waals surface area (Å²) in [6.45, 7) is 1.86. The molecule has 2 fully saturated rings. The Morgan fingerprint density at radius 1 is 1.31 bits per heavy atom. The Morgan fingerprint density at radius 2 is 2.03 bits per heavy atom. The molecular formula is C19H23N5O5. The predicted molar refractivity (Wildman–Crippen MR) is 103 cm³/mol. The molecule has 0 aromatic heterocycles. The maximum Gasteiger partial charge on any atom is 0.344 e. The minimum absolute atomic E-state index is 0.0133. The molecule has 2 heterocycles. The average molecular weight is 401 g/mol. The van der Waals surface area contributed by atoms with Gasteiger partial charge in [0.2, 0.25) is 0 Å². The first-order valence-corrected chi connectivity index (χ1v) is 9.81. The number of rotatable bonds is 4. The first kappa shape index (κ1) is 19.2. The van der Waals surface area contributed by atoms with Gasteiger partial charge in [0.25, 0.3) is 17.5 Å². The van der Waals surface area contributed by atoms with Crippen molar-refractivity contribution in [2.45, 2.75) is 57.0 Å². The molecule has 4 amide bonds. The number of carbonyl (C=O) groups is 3. The molecular weight excluding hydrogens is 378 g/mol. The Labute approximate surface area is 167 Å². The van der Waals surface area contributed by atoms with E-state index in [0.717, 1.165) is 35.5 Å². The highest BCUT2D eigenvalue weighted by atomic mass is 16.6. The van der Waals surface area contributed by atoms with Crippen molar-refractivity contribution in [2.24, 2.45) is 0 Å². The van der Waals surface area contributed by atoms with Crippen molar-refractivity contribution in [3.63, 3.8) is 0 Å². The van der Waals surface area contributed by atoms with Crippen LogP contribution in [0.25, 0.3) is 0 Å². The largest absolute Gasteiger partial charge is 0.359 e. The average Bonchev–Trinajstić information content (AvgIpc) is 3.10. The zero-order valence-corrected chi connectivity index (χ0v) is 16.1. The second-order valence-corrected chi connectivity index (χ2v) is 8.00. The number of urea groups is 1. The molecule has 3 aliphatic rings. The number of nitrogens with one attached hydrogen (secondary N) is 2. The fourth-order valence-electron chi connectivity index (χ4n) is 4.57. The lowest BCUT2D eigenvalue weighted by molar-refractivity contribution is -0.384. The lowest BCUT2D eigenvalue weighted by atomic mass is 9.82. The Hall–Kier alpha value is -3.17. The van der Waals surface area contributed by atoms with E-state index in [1.54, 1.807) is 6.07 Å². The van der Waals surface area contributed by atoms with Crippen LogP contribution in [0.5, 0.6) is 0 Å². The highest BCUT2D eigenvalue weighted by molar-refractivity contribution is 6.08. The second kappa shape index (κ2) is 7.02. The van der Waals surface area contributed by atoms with Gasteiger partial charge in [-0.05, 0) is 37.8 Å². The van der Waals surface area contributed by atoms with E-state index in [2.05, 4.69) is 10.7 Å². The summed E-state index contributed by atoms with van der Waals surface area (Å²) >= 11 is 0. The van der Waals surface area contributed by atoms with Crippen molar-refractivity contribution in [1.82, 2.24) is 15.8 Å². The van der Waals surface area contributed by atoms with Crippen LogP contribution in [0.15, 0.2) is 18.2 Å². The molecule has 0 radical (unpaired) electrons. The van der Waals surface area contributed by atoms with Crippen molar-refractivity contribution in [1.29, 1.82) is 0 Å². The summed E-state index contributed by atoms with van der Waals surface area (Å²) < 4.78 is 0. The number of nitro groups is 1. The lowest BCUT2D eigenvalue weighted by Gasteiger charge is -2.30. The number of hydrogen-bond donors (Lipinski definition) is 2. The summed E-state index contributed by atoms with van der Waals surface area (Å²) in [7, 11) is 0. The number of non-ortho nitro benzene ring substituents is 1. The monoisotopic (exact) mass is 401 g/mol. The molecule has 1 atom stereocenters. The summed E-state index contributed by atoms with van der Waals surface area (Å²) in [4.78, 5) is 50.0. The van der Waals surface area contributed by atoms with Crippen LogP contribution in [0, 0.1) is 10.1 Å². The third-order valence-electron chi connectivity index (χ3n) is 6.05. The molecule has 154 valence electrons. The number of amides is 4. The summed E-state index contributed by atoms with van der Waals surface area (Å²) in [6.07, 6.45) is 4.50. The summed E-state index contributed by atoms with van der Waals surface area (Å²) in [5.41, 5.74) is 3.11. The number of benzene rings is 1. The van der Waals surface area contributed by atoms with Gasteiger partial charge in [0, 0.05) is 23.9 Å². The van der Waals surface area contributed by atoms with E-state index in [1.807, 2.05) is 11.8 Å². The fraction of sp³-hybridized carbons (Fsp3) is 0.526. The maximum atomic E-state index is 12.8. The number of anilines is 1. The van der Waals surface area contributed by atoms with Crippen LogP contribution in [0.4, 0.5) is 16.2 Å². The third-order valence-corrected chi connectivity index (χ3v) is 6.05. The van der Waals surface area contributed by atoms with Crippen LogP contribution >= 0.6 is 0 Å². The predicted octanol–water partition coefficient (Wildman–Crippen LogP) is 1.63. The highest BCUT2D eigenvalue weighted by Crippen LogP contribution is 2.35. The highest BCUT2D eigenvalue weighted by Gasteiger charge is 2.52. The number of hydrazine groups is 1. The summed E-state index contributed by atoms with van der Waals surface area (Å²) in [5, 5.41) is 14.5. The maximum absolute atomic E-state index is 12.8. The molecule has 10 heteroatoms. The van der Waals surface area contributed by atoms with Crippen LogP contribution in [0.3, 0.4) is 0 Å². The normalized spacial score (nSPS) is 22.6. The SMILES string of the molecule is CC1Cc2cc([N+](=O)[O-])ccc2N1CC(=O)NN1C(=O)NC2(CCCCC2)C1=O. The topological polar surface area (TPSA) is 125 Å². The second-order valence-electron chi connectivity index (χ2n) is 8.00. The standard InChI is InChI=1S/C19H23N5O5/c1-12-9-13-10-14(24(28)29)5-6-15(13)22(12)11-16(25)21-23-17(26)19(20-18(23)27)7-3-2-4-8-19/h5-6,10,12H,2-4,7-9,11H2,1H3,(H,20,27)(H,21,25). The van der Waals surface area contributed by atoms with Crippen molar-refractivity contribution >= 4 is 29.2 Å². The van der Waals surface area contributed by atoms with E-state index in [1.165, 1.54) is 12.1 Å². The Bertz CT molecular complexity index is 895. The molecule has 2 N–H and O–H groups in total. The minimum atomic E-state index is -0.894. The van der Waals surface area contributed by atoms with E-state index >= 15 is 0 Å². The number of carbonyl (C=O) groups excluding carboxylic acids is 3. The molecule has 1 aromatic carbocycles. The van der Waals surface area contributed by atoms with E-state index in [9.17, 15) is 24.5 Å². The smallest absolute Gasteiger partial charge is 0.344 e. The number of hydrogen-bond acceptors (Lipinski definition) is 6. The van der Waals surface area contributed by atoms with Gasteiger partial charge in [-0.1, -0.05) is 19.3 Å². The Balaban J connectivity index is 1.45. The molecule has 0 bridgehead atoms. The Kier molecular flexibility index (Phi) is 4.64. The van der Waals surface area contributed by atoms with E-state index in [4.69, 9.17) is 0 Å². The van der Waals surface area contributed by atoms with Gasteiger partial charge in [-0.15, -0.1) is 0 Å². The molecule has 1 aliphatic carbocycles. The van der Waals surface area contributed by atoms with Crippen molar-refractivity contribution in [2.75, 3.05) is 11.4 Å².